The Hall–Kier alpha value is -3.73. The number of carbonyl (C=O) groups excluding carboxylic acids is 2. The van der Waals surface area contributed by atoms with E-state index in [0.29, 0.717) is 35.8 Å². The average Bonchev–Trinajstić information content (AvgIpc) is 3.22. The number of aromatic nitrogens is 2. The number of nitrogens with two attached hydrogens (primary N) is 1. The van der Waals surface area contributed by atoms with Crippen molar-refractivity contribution < 1.29 is 19.1 Å². The van der Waals surface area contributed by atoms with Gasteiger partial charge in [0.1, 0.15) is 17.2 Å². The van der Waals surface area contributed by atoms with E-state index in [2.05, 4.69) is 23.5 Å². The Balaban J connectivity index is 0.00000107. The number of nitrogens with zero attached hydrogens (tertiary/aromatic N) is 3. The minimum Gasteiger partial charge on any atom is -0.497 e. The number of primary amides is 1. The van der Waals surface area contributed by atoms with Gasteiger partial charge < -0.3 is 20.1 Å². The van der Waals surface area contributed by atoms with Crippen molar-refractivity contribution in [3.05, 3.63) is 53.9 Å². The Labute approximate surface area is 182 Å². The normalized spacial score (nSPS) is 13.2. The van der Waals surface area contributed by atoms with E-state index in [1.165, 1.54) is 0 Å². The maximum absolute atomic E-state index is 11.8. The molecule has 0 unspecified atom stereocenters. The van der Waals surface area contributed by atoms with Gasteiger partial charge in [-0.25, -0.2) is 0 Å². The minimum absolute atomic E-state index is 0.0989. The summed E-state index contributed by atoms with van der Waals surface area (Å²) in [6.07, 6.45) is 5.77. The van der Waals surface area contributed by atoms with Crippen LogP contribution in [0.1, 0.15) is 47.4 Å². The topological polar surface area (TPSA) is 99.7 Å². The third kappa shape index (κ3) is 6.37. The molecule has 0 saturated carbocycles. The Morgan fingerprint density at radius 3 is 2.26 bits per heavy atom. The molecule has 1 saturated heterocycles. The SMILES string of the molecule is C=CC.COc1cc(C#Cc2nn(C3CCN(C=O)CC3)cc2C(N)=O)cc(OC)c1. The lowest BCUT2D eigenvalue weighted by Crippen LogP contribution is -2.33. The van der Waals surface area contributed by atoms with Gasteiger partial charge in [0.2, 0.25) is 6.41 Å². The first kappa shape index (κ1) is 23.5. The minimum atomic E-state index is -0.580. The van der Waals surface area contributed by atoms with E-state index in [0.717, 1.165) is 19.3 Å². The van der Waals surface area contributed by atoms with E-state index in [-0.39, 0.29) is 11.6 Å². The van der Waals surface area contributed by atoms with Crippen LogP contribution in [0.15, 0.2) is 37.1 Å². The van der Waals surface area contributed by atoms with Crippen molar-refractivity contribution in [3.63, 3.8) is 0 Å². The van der Waals surface area contributed by atoms with Gasteiger partial charge in [-0.3, -0.25) is 14.3 Å². The van der Waals surface area contributed by atoms with Gasteiger partial charge in [-0.15, -0.1) is 6.58 Å². The van der Waals surface area contributed by atoms with Crippen LogP contribution >= 0.6 is 0 Å². The third-order valence-electron chi connectivity index (χ3n) is 4.70. The number of piperidine rings is 1. The molecule has 0 atom stereocenters. The van der Waals surface area contributed by atoms with Crippen LogP contribution in [0, 0.1) is 11.8 Å². The van der Waals surface area contributed by atoms with Gasteiger partial charge in [0.05, 0.1) is 25.8 Å². The summed E-state index contributed by atoms with van der Waals surface area (Å²) in [6.45, 7) is 6.56. The maximum Gasteiger partial charge on any atom is 0.253 e. The Kier molecular flexibility index (Phi) is 8.70. The van der Waals surface area contributed by atoms with Gasteiger partial charge in [0.15, 0.2) is 0 Å². The fourth-order valence-electron chi connectivity index (χ4n) is 3.12. The van der Waals surface area contributed by atoms with E-state index < -0.39 is 5.91 Å². The van der Waals surface area contributed by atoms with Crippen molar-refractivity contribution in [1.82, 2.24) is 14.7 Å². The maximum atomic E-state index is 11.8. The molecule has 2 heterocycles. The highest BCUT2D eigenvalue weighted by Crippen LogP contribution is 2.23. The van der Waals surface area contributed by atoms with Crippen molar-refractivity contribution in [1.29, 1.82) is 0 Å². The highest BCUT2D eigenvalue weighted by Gasteiger charge is 2.22. The van der Waals surface area contributed by atoms with Crippen LogP contribution in [0.3, 0.4) is 0 Å². The Bertz CT molecular complexity index is 957. The summed E-state index contributed by atoms with van der Waals surface area (Å²) in [7, 11) is 3.13. The first-order valence-electron chi connectivity index (χ1n) is 9.86. The fraction of sp³-hybridized carbons (Fsp3) is 0.348. The molecule has 0 spiro atoms. The number of carbonyl (C=O) groups is 2. The Morgan fingerprint density at radius 2 is 1.77 bits per heavy atom. The largest absolute Gasteiger partial charge is 0.497 e. The van der Waals surface area contributed by atoms with E-state index in [4.69, 9.17) is 15.2 Å². The molecule has 1 aliphatic heterocycles. The molecule has 2 aromatic rings. The number of hydrogen-bond acceptors (Lipinski definition) is 5. The average molecular weight is 425 g/mol. The molecule has 2 N–H and O–H groups in total. The van der Waals surface area contributed by atoms with Gasteiger partial charge in [0.25, 0.3) is 5.91 Å². The van der Waals surface area contributed by atoms with Crippen LogP contribution in [-0.2, 0) is 4.79 Å². The zero-order valence-electron chi connectivity index (χ0n) is 18.1. The summed E-state index contributed by atoms with van der Waals surface area (Å²) < 4.78 is 12.2. The van der Waals surface area contributed by atoms with Crippen molar-refractivity contribution in [2.24, 2.45) is 5.73 Å². The summed E-state index contributed by atoms with van der Waals surface area (Å²) in [5, 5.41) is 4.48. The van der Waals surface area contributed by atoms with E-state index in [9.17, 15) is 9.59 Å². The quantitative estimate of drug-likeness (QED) is 0.451. The molecule has 1 fully saturated rings. The third-order valence-corrected chi connectivity index (χ3v) is 4.70. The number of rotatable bonds is 5. The Morgan fingerprint density at radius 1 is 1.19 bits per heavy atom. The van der Waals surface area contributed by atoms with E-state index in [1.807, 2.05) is 6.92 Å². The van der Waals surface area contributed by atoms with Crippen LogP contribution in [0.4, 0.5) is 0 Å². The van der Waals surface area contributed by atoms with Crippen LogP contribution in [0.2, 0.25) is 0 Å². The molecule has 1 aromatic carbocycles. The molecule has 3 rings (SSSR count). The van der Waals surface area contributed by atoms with E-state index in [1.54, 1.807) is 54.3 Å². The molecule has 31 heavy (non-hydrogen) atoms. The van der Waals surface area contributed by atoms with Gasteiger partial charge in [-0.1, -0.05) is 12.0 Å². The molecular weight excluding hydrogens is 396 g/mol. The summed E-state index contributed by atoms with van der Waals surface area (Å²) in [6, 6.07) is 5.39. The molecule has 8 heteroatoms. The predicted molar refractivity (Wildman–Crippen MR) is 118 cm³/mol. The zero-order chi connectivity index (χ0) is 22.8. The van der Waals surface area contributed by atoms with Crippen LogP contribution in [-0.4, -0.2) is 54.3 Å². The van der Waals surface area contributed by atoms with Crippen molar-refractivity contribution in [3.8, 4) is 23.3 Å². The zero-order valence-corrected chi connectivity index (χ0v) is 18.1. The molecule has 0 bridgehead atoms. The molecule has 2 amide bonds. The number of likely N-dealkylation sites (tertiary alicyclic amines) is 1. The summed E-state index contributed by atoms with van der Waals surface area (Å²) >= 11 is 0. The lowest BCUT2D eigenvalue weighted by molar-refractivity contribution is -0.119. The monoisotopic (exact) mass is 424 g/mol. The second-order valence-corrected chi connectivity index (χ2v) is 6.87. The number of allylic oxidation sites excluding steroid dienone is 1. The lowest BCUT2D eigenvalue weighted by atomic mass is 10.1. The highest BCUT2D eigenvalue weighted by molar-refractivity contribution is 5.94. The standard InChI is InChI=1S/C20H22N4O4.C3H6/c1-27-16-9-14(10-17(11-16)28-2)3-4-19-18(20(21)26)12-24(22-19)15-5-7-23(13-25)8-6-15;1-3-2/h9-13,15H,5-8H2,1-2H3,(H2,21,26);3H,1H2,2H3. The van der Waals surface area contributed by atoms with Crippen LogP contribution < -0.4 is 15.2 Å². The van der Waals surface area contributed by atoms with Crippen molar-refractivity contribution in [2.75, 3.05) is 27.3 Å². The molecule has 1 aromatic heterocycles. The summed E-state index contributed by atoms with van der Waals surface area (Å²) in [5.74, 6) is 6.58. The number of methoxy groups -OCH3 is 2. The highest BCUT2D eigenvalue weighted by atomic mass is 16.5. The summed E-state index contributed by atoms with van der Waals surface area (Å²) in [4.78, 5) is 24.4. The molecular formula is C23H28N4O4. The van der Waals surface area contributed by atoms with Gasteiger partial charge in [0, 0.05) is 30.9 Å². The number of ether oxygens (including phenoxy) is 2. The number of benzene rings is 1. The number of amides is 2. The van der Waals surface area contributed by atoms with Gasteiger partial charge in [-0.05, 0) is 37.8 Å². The fourth-order valence-corrected chi connectivity index (χ4v) is 3.12. The smallest absolute Gasteiger partial charge is 0.253 e. The number of hydrogen-bond donors (Lipinski definition) is 1. The first-order valence-corrected chi connectivity index (χ1v) is 9.86. The molecule has 1 aliphatic rings. The van der Waals surface area contributed by atoms with Crippen LogP contribution in [0.5, 0.6) is 11.5 Å². The predicted octanol–water partition coefficient (Wildman–Crippen LogP) is 2.38. The summed E-state index contributed by atoms with van der Waals surface area (Å²) in [5.41, 5.74) is 6.78. The van der Waals surface area contributed by atoms with Crippen molar-refractivity contribution >= 4 is 12.3 Å². The molecule has 164 valence electrons. The van der Waals surface area contributed by atoms with Crippen molar-refractivity contribution in [2.45, 2.75) is 25.8 Å². The van der Waals surface area contributed by atoms with Gasteiger partial charge >= 0.3 is 0 Å². The first-order chi connectivity index (χ1) is 14.9. The molecule has 0 aliphatic carbocycles. The molecule has 0 radical (unpaired) electrons. The second-order valence-electron chi connectivity index (χ2n) is 6.87. The van der Waals surface area contributed by atoms with Crippen LogP contribution in [0.25, 0.3) is 0 Å². The lowest BCUT2D eigenvalue weighted by Gasteiger charge is -2.29. The molecule has 8 nitrogen and oxygen atoms in total. The van der Waals surface area contributed by atoms with E-state index >= 15 is 0 Å². The van der Waals surface area contributed by atoms with Gasteiger partial charge in [-0.2, -0.15) is 5.10 Å². The second kappa shape index (κ2) is 11.5.